The van der Waals surface area contributed by atoms with Crippen molar-refractivity contribution in [2.24, 2.45) is 12.0 Å². The van der Waals surface area contributed by atoms with E-state index in [4.69, 9.17) is 10.1 Å². The number of aliphatic imine (C=N–C) groups is 1. The van der Waals surface area contributed by atoms with Crippen LogP contribution >= 0.6 is 0 Å². The number of anilines is 1. The number of hydrogen-bond donors (Lipinski definition) is 1. The number of nitrogens with zero attached hydrogens (tertiary/aromatic N) is 7. The van der Waals surface area contributed by atoms with E-state index in [0.29, 0.717) is 6.04 Å². The fraction of sp³-hybridized carbons (Fsp3) is 0.368. The summed E-state index contributed by atoms with van der Waals surface area (Å²) < 4.78 is 4.10. The van der Waals surface area contributed by atoms with Crippen molar-refractivity contribution in [1.82, 2.24) is 29.4 Å². The van der Waals surface area contributed by atoms with E-state index in [0.717, 1.165) is 75.4 Å². The molecule has 3 aromatic rings. The van der Waals surface area contributed by atoms with E-state index < -0.39 is 0 Å². The quantitative estimate of drug-likeness (QED) is 0.346. The second-order valence-electron chi connectivity index (χ2n) is 13.3. The van der Waals surface area contributed by atoms with Crippen LogP contribution in [0.15, 0.2) is 89.1 Å². The molecule has 1 saturated heterocycles. The SMILES string of the molecule is CC(=O)N1CCC(n2cc(NC3=C/C=C/C4=C(C=N3)CCc3nn(C)c(Cc5cccc(C6=CN(C)CCC(C)=C6)c5)c34)cn2)CC1. The number of amides is 1. The normalized spacial score (nSPS) is 19.2. The largest absolute Gasteiger partial charge is 0.380 e. The van der Waals surface area contributed by atoms with E-state index >= 15 is 0 Å². The van der Waals surface area contributed by atoms with Crippen LogP contribution in [0.25, 0.3) is 11.1 Å². The molecule has 1 N–H and O–H groups in total. The Balaban J connectivity index is 1.08. The molecule has 4 aliphatic rings. The summed E-state index contributed by atoms with van der Waals surface area (Å²) in [6, 6.07) is 9.25. The number of nitrogens with one attached hydrogen (secondary N) is 1. The molecule has 0 saturated carbocycles. The fourth-order valence-corrected chi connectivity index (χ4v) is 7.12. The average Bonchev–Trinajstić information content (AvgIpc) is 3.60. The number of likely N-dealkylation sites (tertiary alicyclic amines) is 1. The second-order valence-corrected chi connectivity index (χ2v) is 13.3. The predicted molar refractivity (Wildman–Crippen MR) is 189 cm³/mol. The Kier molecular flexibility index (Phi) is 8.54. The number of rotatable bonds is 6. The summed E-state index contributed by atoms with van der Waals surface area (Å²) in [6.07, 6.45) is 22.4. The summed E-state index contributed by atoms with van der Waals surface area (Å²) in [5.41, 5.74) is 12.2. The molecule has 9 heteroatoms. The van der Waals surface area contributed by atoms with Crippen LogP contribution in [0.5, 0.6) is 0 Å². The van der Waals surface area contributed by atoms with Gasteiger partial charge in [0.2, 0.25) is 5.91 Å². The standard InChI is InChI=1S/C38H44N8O/c1-26-13-16-43(3)24-31(19-26)29-8-5-7-28(20-29)21-36-38-34-9-6-10-37(39-22-30(34)11-12-35(38)42-44(36)4)41-32-23-40-46(25-32)33-14-17-45(18-15-33)27(2)47/h5-10,19-20,22-25,33H,11-18,21H2,1-4H3,(H,39,41). The third-order valence-electron chi connectivity index (χ3n) is 9.77. The summed E-state index contributed by atoms with van der Waals surface area (Å²) in [5.74, 6) is 0.922. The van der Waals surface area contributed by atoms with Crippen molar-refractivity contribution in [2.75, 3.05) is 32.0 Å². The van der Waals surface area contributed by atoms with Crippen molar-refractivity contribution in [3.8, 4) is 0 Å². The highest BCUT2D eigenvalue weighted by atomic mass is 16.2. The first-order valence-corrected chi connectivity index (χ1v) is 16.8. The molecule has 1 amide bonds. The number of carbonyl (C=O) groups is 1. The molecular formula is C38H44N8O. The minimum Gasteiger partial charge on any atom is -0.380 e. The van der Waals surface area contributed by atoms with Gasteiger partial charge < -0.3 is 15.1 Å². The molecule has 7 rings (SSSR count). The molecule has 242 valence electrons. The van der Waals surface area contributed by atoms with Crippen LogP contribution in [0.3, 0.4) is 0 Å². The first-order valence-electron chi connectivity index (χ1n) is 16.8. The highest BCUT2D eigenvalue weighted by Crippen LogP contribution is 2.36. The molecule has 0 bridgehead atoms. The lowest BCUT2D eigenvalue weighted by molar-refractivity contribution is -0.130. The maximum Gasteiger partial charge on any atom is 0.219 e. The Labute approximate surface area is 277 Å². The zero-order valence-corrected chi connectivity index (χ0v) is 27.9. The molecule has 47 heavy (non-hydrogen) atoms. The minimum atomic E-state index is 0.148. The summed E-state index contributed by atoms with van der Waals surface area (Å²) in [7, 11) is 4.23. The van der Waals surface area contributed by atoms with Crippen molar-refractivity contribution in [3.63, 3.8) is 0 Å². The summed E-state index contributed by atoms with van der Waals surface area (Å²) in [6.45, 7) is 6.47. The lowest BCUT2D eigenvalue weighted by Gasteiger charge is -2.31. The van der Waals surface area contributed by atoms with Crippen LogP contribution in [0, 0.1) is 0 Å². The van der Waals surface area contributed by atoms with Crippen LogP contribution in [0.2, 0.25) is 0 Å². The highest BCUT2D eigenvalue weighted by molar-refractivity contribution is 5.97. The van der Waals surface area contributed by atoms with E-state index in [1.807, 2.05) is 34.3 Å². The summed E-state index contributed by atoms with van der Waals surface area (Å²) in [5, 5.41) is 13.1. The Bertz CT molecular complexity index is 1870. The third kappa shape index (κ3) is 6.66. The van der Waals surface area contributed by atoms with Crippen LogP contribution in [-0.4, -0.2) is 68.2 Å². The van der Waals surface area contributed by atoms with Gasteiger partial charge in [-0.2, -0.15) is 10.2 Å². The number of fused-ring (bicyclic) bond motifs is 2. The van der Waals surface area contributed by atoms with Crippen molar-refractivity contribution < 1.29 is 4.79 Å². The van der Waals surface area contributed by atoms with Gasteiger partial charge in [0.15, 0.2) is 0 Å². The number of hydrogen-bond acceptors (Lipinski definition) is 6. The number of carbonyl (C=O) groups excluding carboxylic acids is 1. The van der Waals surface area contributed by atoms with Gasteiger partial charge in [0.05, 0.1) is 29.3 Å². The summed E-state index contributed by atoms with van der Waals surface area (Å²) in [4.78, 5) is 20.8. The maximum absolute atomic E-state index is 11.7. The topological polar surface area (TPSA) is 83.6 Å². The van der Waals surface area contributed by atoms with Crippen LogP contribution in [-0.2, 0) is 24.7 Å². The maximum atomic E-state index is 11.7. The van der Waals surface area contributed by atoms with E-state index in [-0.39, 0.29) is 5.91 Å². The zero-order chi connectivity index (χ0) is 32.5. The summed E-state index contributed by atoms with van der Waals surface area (Å²) >= 11 is 0. The Morgan fingerprint density at radius 1 is 1.09 bits per heavy atom. The molecule has 1 aliphatic carbocycles. The van der Waals surface area contributed by atoms with Gasteiger partial charge >= 0.3 is 0 Å². The van der Waals surface area contributed by atoms with Crippen molar-refractivity contribution in [1.29, 1.82) is 0 Å². The Morgan fingerprint density at radius 2 is 1.94 bits per heavy atom. The molecule has 1 fully saturated rings. The number of aryl methyl sites for hydroxylation is 2. The van der Waals surface area contributed by atoms with Gasteiger partial charge in [0.25, 0.3) is 0 Å². The molecule has 3 aliphatic heterocycles. The van der Waals surface area contributed by atoms with Gasteiger partial charge in [-0.25, -0.2) is 4.99 Å². The molecule has 2 aromatic heterocycles. The fourth-order valence-electron chi connectivity index (χ4n) is 7.12. The average molecular weight is 629 g/mol. The molecule has 0 radical (unpaired) electrons. The van der Waals surface area contributed by atoms with Gasteiger partial charge in [-0.15, -0.1) is 0 Å². The predicted octanol–water partition coefficient (Wildman–Crippen LogP) is 6.31. The van der Waals surface area contributed by atoms with Crippen LogP contribution < -0.4 is 5.32 Å². The van der Waals surface area contributed by atoms with Gasteiger partial charge in [-0.3, -0.25) is 14.2 Å². The molecule has 5 heterocycles. The minimum absolute atomic E-state index is 0.148. The lowest BCUT2D eigenvalue weighted by Crippen LogP contribution is -2.37. The number of aromatic nitrogens is 4. The first-order chi connectivity index (χ1) is 22.8. The highest BCUT2D eigenvalue weighted by Gasteiger charge is 2.26. The van der Waals surface area contributed by atoms with E-state index in [2.05, 4.69) is 89.7 Å². The number of benzene rings is 1. The molecule has 1 aromatic carbocycles. The van der Waals surface area contributed by atoms with Crippen LogP contribution in [0.1, 0.15) is 73.7 Å². The molecule has 0 atom stereocenters. The van der Waals surface area contributed by atoms with Gasteiger partial charge in [-0.1, -0.05) is 48.1 Å². The van der Waals surface area contributed by atoms with Crippen molar-refractivity contribution >= 4 is 29.0 Å². The second kappa shape index (κ2) is 13.1. The van der Waals surface area contributed by atoms with E-state index in [9.17, 15) is 4.79 Å². The monoisotopic (exact) mass is 628 g/mol. The lowest BCUT2D eigenvalue weighted by atomic mass is 9.86. The third-order valence-corrected chi connectivity index (χ3v) is 9.77. The Morgan fingerprint density at radius 3 is 2.77 bits per heavy atom. The number of piperidine rings is 1. The molecule has 9 nitrogen and oxygen atoms in total. The molecule has 0 spiro atoms. The van der Waals surface area contributed by atoms with E-state index in [1.165, 1.54) is 44.7 Å². The van der Waals surface area contributed by atoms with Gasteiger partial charge in [0.1, 0.15) is 5.82 Å². The van der Waals surface area contributed by atoms with Crippen molar-refractivity contribution in [2.45, 2.75) is 58.4 Å². The van der Waals surface area contributed by atoms with E-state index in [1.54, 1.807) is 6.92 Å². The zero-order valence-electron chi connectivity index (χ0n) is 27.9. The van der Waals surface area contributed by atoms with Crippen molar-refractivity contribution in [3.05, 3.63) is 112 Å². The van der Waals surface area contributed by atoms with Gasteiger partial charge in [0, 0.05) is 71.2 Å². The number of allylic oxidation sites excluding steroid dienone is 7. The smallest absolute Gasteiger partial charge is 0.219 e. The van der Waals surface area contributed by atoms with Gasteiger partial charge in [-0.05, 0) is 73.0 Å². The molecular weight excluding hydrogens is 584 g/mol. The first kappa shape index (κ1) is 30.7. The Hall–Kier alpha value is -4.92. The van der Waals surface area contributed by atoms with Crippen LogP contribution in [0.4, 0.5) is 5.69 Å². The molecule has 0 unspecified atom stereocenters.